The van der Waals surface area contributed by atoms with Gasteiger partial charge in [0, 0.05) is 31.4 Å². The molecule has 0 spiro atoms. The molecule has 2 aromatic rings. The van der Waals surface area contributed by atoms with Crippen LogP contribution in [0, 0.1) is 11.3 Å². The molecule has 5 rings (SSSR count). The molecule has 1 atom stereocenters. The van der Waals surface area contributed by atoms with Crippen molar-refractivity contribution >= 4 is 17.5 Å². The standard InChI is InChI=1S/C26H25F3N4O2/c27-26(28,29)21-14-20(9-6-17(21)15-30)32-12-13-33(22(16-32)23(34)31-19-7-8-19)24(35)25(10-11-25)18-4-2-1-3-5-18/h1-6,9,14,19,22H,7-8,10-13,16H2,(H,31,34). The van der Waals surface area contributed by atoms with Crippen LogP contribution in [-0.4, -0.2) is 48.4 Å². The highest BCUT2D eigenvalue weighted by Gasteiger charge is 2.55. The molecule has 3 fully saturated rings. The van der Waals surface area contributed by atoms with Gasteiger partial charge in [-0.15, -0.1) is 0 Å². The lowest BCUT2D eigenvalue weighted by molar-refractivity contribution is -0.143. The Morgan fingerprint density at radius 1 is 1.06 bits per heavy atom. The number of piperazine rings is 1. The Labute approximate surface area is 201 Å². The van der Waals surface area contributed by atoms with Crippen LogP contribution in [0.15, 0.2) is 48.5 Å². The van der Waals surface area contributed by atoms with Crippen LogP contribution in [-0.2, 0) is 21.2 Å². The van der Waals surface area contributed by atoms with Gasteiger partial charge < -0.3 is 15.1 Å². The van der Waals surface area contributed by atoms with E-state index in [9.17, 15) is 22.8 Å². The average Bonchev–Trinajstić information content (AvgIpc) is 3.79. The smallest absolute Gasteiger partial charge is 0.367 e. The van der Waals surface area contributed by atoms with E-state index >= 15 is 0 Å². The Morgan fingerprint density at radius 3 is 2.37 bits per heavy atom. The van der Waals surface area contributed by atoms with Crippen molar-refractivity contribution in [2.24, 2.45) is 0 Å². The minimum atomic E-state index is -4.67. The number of benzene rings is 2. The van der Waals surface area contributed by atoms with Crippen LogP contribution in [0.1, 0.15) is 42.4 Å². The summed E-state index contributed by atoms with van der Waals surface area (Å²) in [6.07, 6.45) is -1.49. The van der Waals surface area contributed by atoms with E-state index in [1.165, 1.54) is 6.07 Å². The summed E-state index contributed by atoms with van der Waals surface area (Å²) in [5.74, 6) is -0.380. The summed E-state index contributed by atoms with van der Waals surface area (Å²) in [5, 5.41) is 12.1. The molecule has 1 heterocycles. The lowest BCUT2D eigenvalue weighted by Crippen LogP contribution is -2.62. The number of amides is 2. The van der Waals surface area contributed by atoms with Crippen LogP contribution in [0.4, 0.5) is 18.9 Å². The van der Waals surface area contributed by atoms with Gasteiger partial charge in [-0.25, -0.2) is 0 Å². The topological polar surface area (TPSA) is 76.4 Å². The van der Waals surface area contributed by atoms with E-state index in [1.54, 1.807) is 15.9 Å². The number of carbonyl (C=O) groups is 2. The molecule has 2 amide bonds. The second kappa shape index (κ2) is 8.59. The molecule has 9 heteroatoms. The second-order valence-corrected chi connectivity index (χ2v) is 9.53. The van der Waals surface area contributed by atoms with Crippen molar-refractivity contribution in [3.8, 4) is 6.07 Å². The summed E-state index contributed by atoms with van der Waals surface area (Å²) in [4.78, 5) is 30.3. The normalized spacial score (nSPS) is 21.3. The molecule has 0 radical (unpaired) electrons. The zero-order valence-corrected chi connectivity index (χ0v) is 19.0. The fourth-order valence-electron chi connectivity index (χ4n) is 4.85. The van der Waals surface area contributed by atoms with Crippen molar-refractivity contribution in [3.63, 3.8) is 0 Å². The van der Waals surface area contributed by atoms with Gasteiger partial charge in [0.25, 0.3) is 0 Å². The molecule has 35 heavy (non-hydrogen) atoms. The summed E-state index contributed by atoms with van der Waals surface area (Å²) in [5.41, 5.74) is -0.889. The Hall–Kier alpha value is -3.54. The average molecular weight is 483 g/mol. The fourth-order valence-corrected chi connectivity index (χ4v) is 4.85. The van der Waals surface area contributed by atoms with Crippen LogP contribution < -0.4 is 10.2 Å². The SMILES string of the molecule is N#Cc1ccc(N2CCN(C(=O)C3(c4ccccc4)CC3)C(C(=O)NC3CC3)C2)cc1C(F)(F)F. The summed E-state index contributed by atoms with van der Waals surface area (Å²) in [6, 6.07) is 14.0. The van der Waals surface area contributed by atoms with Gasteiger partial charge in [-0.1, -0.05) is 30.3 Å². The minimum absolute atomic E-state index is 0.0817. The molecule has 1 aliphatic heterocycles. The number of anilines is 1. The number of alkyl halides is 3. The number of carbonyl (C=O) groups excluding carboxylic acids is 2. The molecular weight excluding hydrogens is 457 g/mol. The van der Waals surface area contributed by atoms with Crippen LogP contribution >= 0.6 is 0 Å². The molecule has 0 aromatic heterocycles. The van der Waals surface area contributed by atoms with E-state index in [2.05, 4.69) is 5.32 Å². The lowest BCUT2D eigenvalue weighted by Gasteiger charge is -2.43. The summed E-state index contributed by atoms with van der Waals surface area (Å²) < 4.78 is 40.6. The largest absolute Gasteiger partial charge is 0.417 e. The van der Waals surface area contributed by atoms with Crippen LogP contribution in [0.2, 0.25) is 0 Å². The quantitative estimate of drug-likeness (QED) is 0.707. The summed E-state index contributed by atoms with van der Waals surface area (Å²) >= 11 is 0. The maximum Gasteiger partial charge on any atom is 0.417 e. The number of nitrogens with one attached hydrogen (secondary N) is 1. The van der Waals surface area contributed by atoms with Gasteiger partial charge in [-0.2, -0.15) is 18.4 Å². The van der Waals surface area contributed by atoms with Crippen LogP contribution in [0.5, 0.6) is 0 Å². The molecule has 2 saturated carbocycles. The third-order valence-electron chi connectivity index (χ3n) is 7.15. The van der Waals surface area contributed by atoms with E-state index in [0.29, 0.717) is 12.8 Å². The molecule has 1 saturated heterocycles. The first-order valence-electron chi connectivity index (χ1n) is 11.8. The van der Waals surface area contributed by atoms with Gasteiger partial charge >= 0.3 is 6.18 Å². The number of nitriles is 1. The molecule has 0 bridgehead atoms. The van der Waals surface area contributed by atoms with E-state index in [1.807, 2.05) is 30.3 Å². The van der Waals surface area contributed by atoms with Gasteiger partial charge in [-0.05, 0) is 49.4 Å². The molecule has 182 valence electrons. The molecule has 3 aliphatic rings. The Balaban J connectivity index is 1.43. The Morgan fingerprint density at radius 2 is 1.77 bits per heavy atom. The third kappa shape index (κ3) is 4.45. The van der Waals surface area contributed by atoms with E-state index in [-0.39, 0.29) is 43.2 Å². The third-order valence-corrected chi connectivity index (χ3v) is 7.15. The van der Waals surface area contributed by atoms with Crippen LogP contribution in [0.25, 0.3) is 0 Å². The predicted molar refractivity (Wildman–Crippen MR) is 122 cm³/mol. The molecule has 2 aliphatic carbocycles. The number of nitrogens with zero attached hydrogens (tertiary/aromatic N) is 3. The predicted octanol–water partition coefficient (Wildman–Crippen LogP) is 3.60. The Kier molecular flexibility index (Phi) is 5.70. The van der Waals surface area contributed by atoms with Crippen molar-refractivity contribution in [2.75, 3.05) is 24.5 Å². The molecule has 2 aromatic carbocycles. The van der Waals surface area contributed by atoms with Crippen LogP contribution in [0.3, 0.4) is 0 Å². The first kappa shape index (κ1) is 23.2. The van der Waals surface area contributed by atoms with Crippen molar-refractivity contribution in [2.45, 2.75) is 49.4 Å². The van der Waals surface area contributed by atoms with Gasteiger partial charge in [0.05, 0.1) is 22.6 Å². The minimum Gasteiger partial charge on any atom is -0.367 e. The summed E-state index contributed by atoms with van der Waals surface area (Å²) in [6.45, 7) is 0.586. The number of hydrogen-bond donors (Lipinski definition) is 1. The summed E-state index contributed by atoms with van der Waals surface area (Å²) in [7, 11) is 0. The Bertz CT molecular complexity index is 1180. The number of halogens is 3. The van der Waals surface area contributed by atoms with Gasteiger partial charge in [0.1, 0.15) is 6.04 Å². The van der Waals surface area contributed by atoms with Crippen molar-refractivity contribution in [3.05, 3.63) is 65.2 Å². The first-order valence-corrected chi connectivity index (χ1v) is 11.8. The fraction of sp³-hybridized carbons (Fsp3) is 0.423. The van der Waals surface area contributed by atoms with Gasteiger partial charge in [0.2, 0.25) is 11.8 Å². The maximum absolute atomic E-state index is 13.8. The first-order chi connectivity index (χ1) is 16.7. The zero-order chi connectivity index (χ0) is 24.8. The van der Waals surface area contributed by atoms with E-state index in [0.717, 1.165) is 30.5 Å². The maximum atomic E-state index is 13.8. The van der Waals surface area contributed by atoms with E-state index < -0.39 is 28.8 Å². The molecule has 6 nitrogen and oxygen atoms in total. The second-order valence-electron chi connectivity index (χ2n) is 9.53. The van der Waals surface area contributed by atoms with Gasteiger partial charge in [-0.3, -0.25) is 9.59 Å². The molecule has 1 N–H and O–H groups in total. The molecular formula is C26H25F3N4O2. The monoisotopic (exact) mass is 482 g/mol. The molecule has 1 unspecified atom stereocenters. The highest BCUT2D eigenvalue weighted by molar-refractivity contribution is 5.96. The highest BCUT2D eigenvalue weighted by Crippen LogP contribution is 2.50. The van der Waals surface area contributed by atoms with Gasteiger partial charge in [0.15, 0.2) is 0 Å². The highest BCUT2D eigenvalue weighted by atomic mass is 19.4. The van der Waals surface area contributed by atoms with Crippen molar-refractivity contribution in [1.29, 1.82) is 5.26 Å². The lowest BCUT2D eigenvalue weighted by atomic mass is 9.93. The van der Waals surface area contributed by atoms with Crippen molar-refractivity contribution < 1.29 is 22.8 Å². The van der Waals surface area contributed by atoms with Crippen molar-refractivity contribution in [1.82, 2.24) is 10.2 Å². The number of hydrogen-bond acceptors (Lipinski definition) is 4. The number of rotatable bonds is 5. The van der Waals surface area contributed by atoms with E-state index in [4.69, 9.17) is 5.26 Å². The zero-order valence-electron chi connectivity index (χ0n) is 19.0.